The molecule has 0 unspecified atom stereocenters. The molecule has 2 aromatic carbocycles. The molecule has 264 valence electrons. The second-order valence-corrected chi connectivity index (χ2v) is 14.7. The van der Waals surface area contributed by atoms with Gasteiger partial charge in [-0.1, -0.05) is 62.7 Å². The minimum absolute atomic E-state index is 0.198. The summed E-state index contributed by atoms with van der Waals surface area (Å²) in [7, 11) is 0. The largest absolute Gasteiger partial charge is 0.447 e. The zero-order valence-corrected chi connectivity index (χ0v) is 28.6. The predicted molar refractivity (Wildman–Crippen MR) is 179 cm³/mol. The Kier molecular flexibility index (Phi) is 8.91. The Hall–Kier alpha value is -4.92. The van der Waals surface area contributed by atoms with Crippen molar-refractivity contribution in [1.29, 1.82) is 5.41 Å². The number of hydrogen-bond donors (Lipinski definition) is 4. The summed E-state index contributed by atoms with van der Waals surface area (Å²) in [5.41, 5.74) is 0.507. The molecule has 6 rings (SSSR count). The Morgan fingerprint density at radius 2 is 1.86 bits per heavy atom. The molecule has 3 heterocycles. The zero-order valence-electron chi connectivity index (χ0n) is 27.9. The lowest BCUT2D eigenvalue weighted by molar-refractivity contribution is -0.142. The van der Waals surface area contributed by atoms with E-state index in [9.17, 15) is 22.8 Å². The van der Waals surface area contributed by atoms with Crippen molar-refractivity contribution in [2.24, 2.45) is 5.41 Å². The van der Waals surface area contributed by atoms with Gasteiger partial charge in [-0.3, -0.25) is 24.9 Å². The minimum atomic E-state index is -4.41. The van der Waals surface area contributed by atoms with Gasteiger partial charge in [0.15, 0.2) is 11.8 Å². The van der Waals surface area contributed by atoms with Gasteiger partial charge in [0.25, 0.3) is 5.91 Å². The number of nitrogens with one attached hydrogen (secondary N) is 4. The summed E-state index contributed by atoms with van der Waals surface area (Å²) < 4.78 is 45.3. The molecule has 1 saturated heterocycles. The molecule has 2 atom stereocenters. The van der Waals surface area contributed by atoms with Gasteiger partial charge >= 0.3 is 12.3 Å². The van der Waals surface area contributed by atoms with Crippen LogP contribution >= 0.6 is 11.6 Å². The molecule has 2 aliphatic rings. The number of guanidine groups is 1. The van der Waals surface area contributed by atoms with Crippen molar-refractivity contribution in [1.82, 2.24) is 40.5 Å². The lowest BCUT2D eigenvalue weighted by Gasteiger charge is -2.35. The quantitative estimate of drug-likeness (QED) is 0.145. The van der Waals surface area contributed by atoms with Crippen molar-refractivity contribution in [3.8, 4) is 22.5 Å². The number of ether oxygens (including phenoxy) is 1. The van der Waals surface area contributed by atoms with Crippen molar-refractivity contribution in [3.63, 3.8) is 0 Å². The van der Waals surface area contributed by atoms with Gasteiger partial charge in [0, 0.05) is 22.9 Å². The van der Waals surface area contributed by atoms with E-state index in [4.69, 9.17) is 21.7 Å². The summed E-state index contributed by atoms with van der Waals surface area (Å²) in [6, 6.07) is 11.0. The smallest absolute Gasteiger partial charge is 0.408 e. The van der Waals surface area contributed by atoms with Crippen LogP contribution in [0.3, 0.4) is 0 Å². The first-order valence-corrected chi connectivity index (χ1v) is 16.3. The number of carbonyl (C=O) groups is 2. The number of alkyl carbamates (subject to hydrolysis) is 1. The SMILES string of the molecule is CC(C)(C)C[C@]1(c2ccc(-c3cnn(CC(F)(F)F)c3)cc2)NC(=N)N([C@H](COC(=O)NC2(C)CC2)c2ccc(Cl)c(-c3ncn[nH]3)c2)C1=O. The Morgan fingerprint density at radius 3 is 2.48 bits per heavy atom. The van der Waals surface area contributed by atoms with Gasteiger partial charge in [-0.05, 0) is 60.4 Å². The summed E-state index contributed by atoms with van der Waals surface area (Å²) in [4.78, 5) is 33.2. The number of nitrogens with zero attached hydrogens (tertiary/aromatic N) is 5. The van der Waals surface area contributed by atoms with Crippen LogP contribution in [0, 0.1) is 10.8 Å². The molecule has 2 aromatic heterocycles. The second kappa shape index (κ2) is 12.8. The third-order valence-electron chi connectivity index (χ3n) is 8.77. The van der Waals surface area contributed by atoms with Crippen LogP contribution in [0.4, 0.5) is 18.0 Å². The molecule has 1 aliphatic carbocycles. The van der Waals surface area contributed by atoms with Crippen LogP contribution in [0.15, 0.2) is 61.2 Å². The molecule has 0 radical (unpaired) electrons. The van der Waals surface area contributed by atoms with E-state index >= 15 is 0 Å². The number of aromatic nitrogens is 5. The lowest BCUT2D eigenvalue weighted by Crippen LogP contribution is -2.47. The van der Waals surface area contributed by atoms with E-state index in [1.165, 1.54) is 23.6 Å². The van der Waals surface area contributed by atoms with E-state index in [0.717, 1.165) is 17.5 Å². The van der Waals surface area contributed by atoms with E-state index in [2.05, 4.69) is 30.9 Å². The molecule has 4 N–H and O–H groups in total. The fourth-order valence-corrected chi connectivity index (χ4v) is 6.41. The minimum Gasteiger partial charge on any atom is -0.447 e. The van der Waals surface area contributed by atoms with Gasteiger partial charge < -0.3 is 15.4 Å². The van der Waals surface area contributed by atoms with Crippen LogP contribution in [0.5, 0.6) is 0 Å². The van der Waals surface area contributed by atoms with Gasteiger partial charge in [0.2, 0.25) is 0 Å². The number of halogens is 4. The van der Waals surface area contributed by atoms with E-state index in [0.29, 0.717) is 38.7 Å². The number of hydrogen-bond acceptors (Lipinski definition) is 7. The predicted octanol–water partition coefficient (Wildman–Crippen LogP) is 6.57. The normalized spacial score (nSPS) is 19.3. The number of carbonyl (C=O) groups excluding carboxylic acids is 2. The van der Waals surface area contributed by atoms with Crippen LogP contribution in [-0.4, -0.2) is 66.1 Å². The van der Waals surface area contributed by atoms with Gasteiger partial charge in [0.05, 0.1) is 17.3 Å². The molecule has 4 aromatic rings. The lowest BCUT2D eigenvalue weighted by atomic mass is 9.75. The summed E-state index contributed by atoms with van der Waals surface area (Å²) in [5, 5.41) is 26.1. The number of rotatable bonds is 10. The molecule has 2 fully saturated rings. The molecule has 2 amide bonds. The topological polar surface area (TPSA) is 154 Å². The van der Waals surface area contributed by atoms with E-state index < -0.39 is 41.7 Å². The third kappa shape index (κ3) is 7.47. The van der Waals surface area contributed by atoms with Crippen molar-refractivity contribution in [2.75, 3.05) is 6.61 Å². The number of benzene rings is 2. The van der Waals surface area contributed by atoms with Gasteiger partial charge in [-0.2, -0.15) is 23.4 Å². The maximum Gasteiger partial charge on any atom is 0.408 e. The highest BCUT2D eigenvalue weighted by Crippen LogP contribution is 2.43. The van der Waals surface area contributed by atoms with Crippen molar-refractivity contribution < 1.29 is 27.5 Å². The van der Waals surface area contributed by atoms with Crippen LogP contribution in [0.1, 0.15) is 64.1 Å². The van der Waals surface area contributed by atoms with Crippen LogP contribution in [0.2, 0.25) is 5.02 Å². The van der Waals surface area contributed by atoms with E-state index in [1.54, 1.807) is 42.5 Å². The Morgan fingerprint density at radius 1 is 1.14 bits per heavy atom. The highest BCUT2D eigenvalue weighted by atomic mass is 35.5. The van der Waals surface area contributed by atoms with Crippen molar-refractivity contribution in [3.05, 3.63) is 77.3 Å². The molecule has 16 heteroatoms. The molecular weight excluding hydrogens is 675 g/mol. The van der Waals surface area contributed by atoms with Gasteiger partial charge in [0.1, 0.15) is 25.0 Å². The third-order valence-corrected chi connectivity index (χ3v) is 9.10. The van der Waals surface area contributed by atoms with E-state index in [1.807, 2.05) is 27.7 Å². The summed E-state index contributed by atoms with van der Waals surface area (Å²) in [5.74, 6) is -0.249. The molecule has 0 spiro atoms. The van der Waals surface area contributed by atoms with Crippen molar-refractivity contribution in [2.45, 2.75) is 76.8 Å². The van der Waals surface area contributed by atoms with Crippen molar-refractivity contribution >= 4 is 29.6 Å². The van der Waals surface area contributed by atoms with Crippen LogP contribution in [0.25, 0.3) is 22.5 Å². The fourth-order valence-electron chi connectivity index (χ4n) is 6.20. The monoisotopic (exact) mass is 711 g/mol. The Balaban J connectivity index is 1.36. The average molecular weight is 712 g/mol. The van der Waals surface area contributed by atoms with Crippen LogP contribution in [-0.2, 0) is 21.6 Å². The molecular formula is C34H37ClF3N9O3. The first kappa shape index (κ1) is 34.9. The standard InChI is InChI=1S/C34H37ClF3N9O3/c1-31(2,3)17-33(23-8-5-20(6-9-23)22-14-42-46(15-22)18-34(36,37)38)28(48)47(29(39)43-33)26(16-50-30(49)44-32(4)11-12-32)21-7-10-25(35)24(13-21)27-40-19-41-45-27/h5-10,13-15,19,26H,11-12,16-18H2,1-4H3,(H2,39,43)(H,44,49)(H,40,41,45)/t26-,33-/m1/s1. The molecule has 0 bridgehead atoms. The Bertz CT molecular complexity index is 1900. The van der Waals surface area contributed by atoms with E-state index in [-0.39, 0.29) is 24.5 Å². The highest BCUT2D eigenvalue weighted by Gasteiger charge is 2.54. The van der Waals surface area contributed by atoms with Crippen LogP contribution < -0.4 is 10.6 Å². The zero-order chi connectivity index (χ0) is 36.1. The number of alkyl halides is 3. The number of aromatic amines is 1. The summed E-state index contributed by atoms with van der Waals surface area (Å²) >= 11 is 6.53. The number of amides is 2. The average Bonchev–Trinajstić information content (AvgIpc) is 3.37. The Labute approximate surface area is 291 Å². The molecule has 50 heavy (non-hydrogen) atoms. The first-order chi connectivity index (χ1) is 23.5. The highest BCUT2D eigenvalue weighted by molar-refractivity contribution is 6.33. The van der Waals surface area contributed by atoms with Gasteiger partial charge in [-0.15, -0.1) is 0 Å². The maximum absolute atomic E-state index is 14.9. The molecule has 1 aliphatic heterocycles. The maximum atomic E-state index is 14.9. The summed E-state index contributed by atoms with van der Waals surface area (Å²) in [6.45, 7) is 6.36. The molecule has 1 saturated carbocycles. The second-order valence-electron chi connectivity index (χ2n) is 14.3. The van der Waals surface area contributed by atoms with Gasteiger partial charge in [-0.25, -0.2) is 9.78 Å². The number of H-pyrrole nitrogens is 1. The summed E-state index contributed by atoms with van der Waals surface area (Å²) in [6.07, 6.45) is 0.879. The first-order valence-electron chi connectivity index (χ1n) is 16.0. The fraction of sp³-hybridized carbons (Fsp3) is 0.412. The molecule has 12 nitrogen and oxygen atoms in total.